The summed E-state index contributed by atoms with van der Waals surface area (Å²) in [6.07, 6.45) is 5.38. The Hall–Kier alpha value is -3.11. The normalized spacial score (nSPS) is 14.4. The lowest BCUT2D eigenvalue weighted by Gasteiger charge is -2.36. The molecule has 0 bridgehead atoms. The van der Waals surface area contributed by atoms with Crippen LogP contribution in [-0.2, 0) is 17.8 Å². The summed E-state index contributed by atoms with van der Waals surface area (Å²) in [4.78, 5) is 15.1. The van der Waals surface area contributed by atoms with Gasteiger partial charge >= 0.3 is 6.09 Å². The number of nitrogens with one attached hydrogen (secondary N) is 1. The number of nitrogens with zero attached hydrogens (tertiary/aromatic N) is 1. The van der Waals surface area contributed by atoms with Gasteiger partial charge in [0.2, 0.25) is 0 Å². The molecule has 4 rings (SSSR count). The molecule has 1 fully saturated rings. The standard InChI is InChI=1S/C32H40N2O2/c1-24-21-29(34(28-13-9-6-10-14-28)31(35)36-32(2,3)4)19-20-30(24)27-17-15-26(16-18-27)23-33-22-25-11-7-5-8-12-25/h5,7-8,11-12,15-21,28,33H,6,9-10,13-14,22-23H2,1-4H3. The SMILES string of the molecule is Cc1cc(N(C(=O)OC(C)(C)C)C2CCCCC2)ccc1-c1ccc(CNCc2ccccc2)cc1. The van der Waals surface area contributed by atoms with Crippen LogP contribution in [0.4, 0.5) is 10.5 Å². The molecule has 0 aliphatic heterocycles. The fourth-order valence-electron chi connectivity index (χ4n) is 4.99. The molecule has 3 aromatic carbocycles. The van der Waals surface area contributed by atoms with Crippen molar-refractivity contribution in [1.29, 1.82) is 0 Å². The first-order valence-electron chi connectivity index (χ1n) is 13.3. The summed E-state index contributed by atoms with van der Waals surface area (Å²) in [5.74, 6) is 0. The highest BCUT2D eigenvalue weighted by atomic mass is 16.6. The highest BCUT2D eigenvalue weighted by Crippen LogP contribution is 2.33. The lowest BCUT2D eigenvalue weighted by atomic mass is 9.93. The smallest absolute Gasteiger partial charge is 0.415 e. The van der Waals surface area contributed by atoms with Crippen LogP contribution >= 0.6 is 0 Å². The molecule has 3 aromatic rings. The Labute approximate surface area is 216 Å². The molecule has 0 saturated heterocycles. The maximum Gasteiger partial charge on any atom is 0.415 e. The molecule has 0 radical (unpaired) electrons. The van der Waals surface area contributed by atoms with E-state index in [1.54, 1.807) is 0 Å². The summed E-state index contributed by atoms with van der Waals surface area (Å²) in [7, 11) is 0. The number of carbonyl (C=O) groups is 1. The lowest BCUT2D eigenvalue weighted by Crippen LogP contribution is -2.44. The third kappa shape index (κ3) is 6.98. The van der Waals surface area contributed by atoms with E-state index < -0.39 is 5.60 Å². The van der Waals surface area contributed by atoms with E-state index in [4.69, 9.17) is 4.74 Å². The molecule has 4 heteroatoms. The minimum atomic E-state index is -0.517. The van der Waals surface area contributed by atoms with Crippen molar-refractivity contribution in [2.45, 2.75) is 84.5 Å². The molecular weight excluding hydrogens is 444 g/mol. The van der Waals surface area contributed by atoms with Gasteiger partial charge in [0.1, 0.15) is 5.60 Å². The van der Waals surface area contributed by atoms with Gasteiger partial charge in [-0.1, -0.05) is 79.9 Å². The number of benzene rings is 3. The van der Waals surface area contributed by atoms with Gasteiger partial charge < -0.3 is 10.1 Å². The van der Waals surface area contributed by atoms with Gasteiger partial charge in [0.15, 0.2) is 0 Å². The lowest BCUT2D eigenvalue weighted by molar-refractivity contribution is 0.0558. The van der Waals surface area contributed by atoms with Gasteiger partial charge in [-0.2, -0.15) is 0 Å². The van der Waals surface area contributed by atoms with Crippen LogP contribution in [0.1, 0.15) is 69.6 Å². The molecule has 36 heavy (non-hydrogen) atoms. The topological polar surface area (TPSA) is 41.6 Å². The average molecular weight is 485 g/mol. The van der Waals surface area contributed by atoms with Gasteiger partial charge in [-0.3, -0.25) is 4.90 Å². The minimum Gasteiger partial charge on any atom is -0.443 e. The summed E-state index contributed by atoms with van der Waals surface area (Å²) < 4.78 is 5.82. The Kier molecular flexibility index (Phi) is 8.48. The van der Waals surface area contributed by atoms with Crippen LogP contribution in [0.25, 0.3) is 11.1 Å². The molecule has 1 aliphatic rings. The zero-order valence-electron chi connectivity index (χ0n) is 22.2. The molecule has 0 atom stereocenters. The molecular formula is C32H40N2O2. The van der Waals surface area contributed by atoms with Crippen LogP contribution in [0.3, 0.4) is 0 Å². The second-order valence-corrected chi connectivity index (χ2v) is 10.9. The third-order valence-electron chi connectivity index (χ3n) is 6.78. The molecule has 1 amide bonds. The van der Waals surface area contributed by atoms with Crippen LogP contribution in [0.15, 0.2) is 72.8 Å². The number of hydrogen-bond acceptors (Lipinski definition) is 3. The van der Waals surface area contributed by atoms with Gasteiger partial charge in [-0.15, -0.1) is 0 Å². The fraction of sp³-hybridized carbons (Fsp3) is 0.406. The Balaban J connectivity index is 1.47. The van der Waals surface area contributed by atoms with Crippen LogP contribution in [0.2, 0.25) is 0 Å². The summed E-state index contributed by atoms with van der Waals surface area (Å²) in [6, 6.07) is 25.8. The fourth-order valence-corrected chi connectivity index (χ4v) is 4.99. The van der Waals surface area contributed by atoms with Gasteiger partial charge in [0, 0.05) is 24.8 Å². The van der Waals surface area contributed by atoms with Crippen molar-refractivity contribution in [3.8, 4) is 11.1 Å². The Morgan fingerprint density at radius 3 is 2.14 bits per heavy atom. The molecule has 0 aromatic heterocycles. The zero-order chi connectivity index (χ0) is 25.5. The largest absolute Gasteiger partial charge is 0.443 e. The van der Waals surface area contributed by atoms with E-state index in [2.05, 4.69) is 79.0 Å². The molecule has 190 valence electrons. The monoisotopic (exact) mass is 484 g/mol. The van der Waals surface area contributed by atoms with Crippen molar-refractivity contribution in [3.05, 3.63) is 89.5 Å². The van der Waals surface area contributed by atoms with E-state index in [0.717, 1.165) is 50.0 Å². The average Bonchev–Trinajstić information content (AvgIpc) is 2.85. The minimum absolute atomic E-state index is 0.196. The predicted octanol–water partition coefficient (Wildman–Crippen LogP) is 8.03. The number of anilines is 1. The molecule has 1 N–H and O–H groups in total. The number of carbonyl (C=O) groups excluding carboxylic acids is 1. The molecule has 0 heterocycles. The maximum atomic E-state index is 13.2. The van der Waals surface area contributed by atoms with E-state index in [0.29, 0.717) is 0 Å². The second kappa shape index (κ2) is 11.7. The van der Waals surface area contributed by atoms with Crippen LogP contribution < -0.4 is 10.2 Å². The summed E-state index contributed by atoms with van der Waals surface area (Å²) >= 11 is 0. The van der Waals surface area contributed by atoms with Crippen LogP contribution in [0.5, 0.6) is 0 Å². The van der Waals surface area contributed by atoms with Gasteiger partial charge in [-0.05, 0) is 80.5 Å². The van der Waals surface area contributed by atoms with Crippen LogP contribution in [-0.4, -0.2) is 17.7 Å². The highest BCUT2D eigenvalue weighted by Gasteiger charge is 2.31. The van der Waals surface area contributed by atoms with Crippen LogP contribution in [0, 0.1) is 6.92 Å². The molecule has 4 nitrogen and oxygen atoms in total. The number of amides is 1. The Bertz CT molecular complexity index is 1130. The number of aryl methyl sites for hydroxylation is 1. The van der Waals surface area contributed by atoms with Crippen molar-refractivity contribution in [3.63, 3.8) is 0 Å². The number of rotatable bonds is 7. The van der Waals surface area contributed by atoms with E-state index >= 15 is 0 Å². The third-order valence-corrected chi connectivity index (χ3v) is 6.78. The van der Waals surface area contributed by atoms with Crippen molar-refractivity contribution in [1.82, 2.24) is 5.32 Å². The first-order valence-corrected chi connectivity index (χ1v) is 13.3. The van der Waals surface area contributed by atoms with Crippen molar-refractivity contribution >= 4 is 11.8 Å². The number of hydrogen-bond donors (Lipinski definition) is 1. The first-order chi connectivity index (χ1) is 17.3. The zero-order valence-corrected chi connectivity index (χ0v) is 22.2. The van der Waals surface area contributed by atoms with E-state index in [9.17, 15) is 4.79 Å². The van der Waals surface area contributed by atoms with E-state index in [-0.39, 0.29) is 12.1 Å². The van der Waals surface area contributed by atoms with Gasteiger partial charge in [0.05, 0.1) is 0 Å². The summed E-state index contributed by atoms with van der Waals surface area (Å²) in [5.41, 5.74) is 6.50. The van der Waals surface area contributed by atoms with E-state index in [1.165, 1.54) is 28.7 Å². The van der Waals surface area contributed by atoms with Gasteiger partial charge in [0.25, 0.3) is 0 Å². The van der Waals surface area contributed by atoms with Crippen molar-refractivity contribution in [2.75, 3.05) is 4.90 Å². The van der Waals surface area contributed by atoms with Crippen molar-refractivity contribution < 1.29 is 9.53 Å². The number of ether oxygens (including phenoxy) is 1. The Morgan fingerprint density at radius 2 is 1.53 bits per heavy atom. The molecule has 1 saturated carbocycles. The van der Waals surface area contributed by atoms with Gasteiger partial charge in [-0.25, -0.2) is 4.79 Å². The quantitative estimate of drug-likeness (QED) is 0.369. The summed E-state index contributed by atoms with van der Waals surface area (Å²) in [5, 5.41) is 3.52. The van der Waals surface area contributed by atoms with E-state index in [1.807, 2.05) is 31.7 Å². The molecule has 1 aliphatic carbocycles. The highest BCUT2D eigenvalue weighted by molar-refractivity contribution is 5.89. The Morgan fingerprint density at radius 1 is 0.889 bits per heavy atom. The first kappa shape index (κ1) is 26.0. The predicted molar refractivity (Wildman–Crippen MR) is 149 cm³/mol. The van der Waals surface area contributed by atoms with Crippen molar-refractivity contribution in [2.24, 2.45) is 0 Å². The summed E-state index contributed by atoms with van der Waals surface area (Å²) in [6.45, 7) is 9.61. The molecule has 0 spiro atoms. The maximum absolute atomic E-state index is 13.2. The second-order valence-electron chi connectivity index (χ2n) is 10.9. The molecule has 0 unspecified atom stereocenters.